The van der Waals surface area contributed by atoms with Gasteiger partial charge < -0.3 is 4.74 Å². The van der Waals surface area contributed by atoms with Crippen LogP contribution in [0.15, 0.2) is 24.3 Å². The molecule has 0 spiro atoms. The van der Waals surface area contributed by atoms with Crippen LogP contribution < -0.4 is 10.1 Å². The average Bonchev–Trinajstić information content (AvgIpc) is 2.90. The predicted molar refractivity (Wildman–Crippen MR) is 85.0 cm³/mol. The monoisotopic (exact) mass is 336 g/mol. The van der Waals surface area contributed by atoms with Crippen molar-refractivity contribution in [2.24, 2.45) is 0 Å². The highest BCUT2D eigenvalue weighted by Crippen LogP contribution is 2.29. The van der Waals surface area contributed by atoms with Gasteiger partial charge in [-0.25, -0.2) is 4.98 Å². The van der Waals surface area contributed by atoms with Crippen molar-refractivity contribution >= 4 is 39.8 Å². The number of halogens is 1. The first kappa shape index (κ1) is 15.0. The molecule has 1 aromatic heterocycles. The van der Waals surface area contributed by atoms with Crippen LogP contribution in [0.4, 0.5) is 5.13 Å². The Labute approximate surface area is 136 Å². The van der Waals surface area contributed by atoms with Gasteiger partial charge in [0.05, 0.1) is 10.6 Å². The Morgan fingerprint density at radius 1 is 1.32 bits per heavy atom. The lowest BCUT2D eigenvalue weighted by molar-refractivity contribution is -0.118. The lowest BCUT2D eigenvalue weighted by Crippen LogP contribution is -2.20. The van der Waals surface area contributed by atoms with Crippen molar-refractivity contribution in [3.8, 4) is 5.75 Å². The van der Waals surface area contributed by atoms with E-state index in [1.54, 1.807) is 24.3 Å². The van der Waals surface area contributed by atoms with E-state index in [9.17, 15) is 9.59 Å². The van der Waals surface area contributed by atoms with E-state index in [2.05, 4.69) is 10.3 Å². The molecular formula is C15H13ClN2O3S. The zero-order valence-electron chi connectivity index (χ0n) is 11.6. The first-order chi connectivity index (χ1) is 10.6. The largest absolute Gasteiger partial charge is 0.484 e. The van der Waals surface area contributed by atoms with Crippen molar-refractivity contribution in [1.82, 2.24) is 4.98 Å². The molecule has 1 N–H and O–H groups in total. The number of hydrogen-bond acceptors (Lipinski definition) is 5. The summed E-state index contributed by atoms with van der Waals surface area (Å²) in [5.41, 5.74) is 0.787. The summed E-state index contributed by atoms with van der Waals surface area (Å²) in [5, 5.41) is 3.72. The zero-order chi connectivity index (χ0) is 15.5. The van der Waals surface area contributed by atoms with E-state index in [0.29, 0.717) is 27.2 Å². The highest BCUT2D eigenvalue weighted by Gasteiger charge is 2.22. The smallest absolute Gasteiger partial charge is 0.264 e. The first-order valence-electron chi connectivity index (χ1n) is 6.83. The van der Waals surface area contributed by atoms with Crippen LogP contribution in [-0.4, -0.2) is 23.3 Å². The number of thiazole rings is 1. The van der Waals surface area contributed by atoms with Gasteiger partial charge in [0.25, 0.3) is 5.91 Å². The number of aromatic nitrogens is 1. The predicted octanol–water partition coefficient (Wildman–Crippen LogP) is 3.33. The second-order valence-corrected chi connectivity index (χ2v) is 6.30. The maximum Gasteiger partial charge on any atom is 0.264 e. The molecule has 0 bridgehead atoms. The number of nitrogens with one attached hydrogen (secondary N) is 1. The van der Waals surface area contributed by atoms with Gasteiger partial charge in [0.15, 0.2) is 17.5 Å². The molecule has 5 nitrogen and oxygen atoms in total. The quantitative estimate of drug-likeness (QED) is 0.929. The molecule has 1 aliphatic rings. The SMILES string of the molecule is O=C(COc1ccc(Cl)cc1)Nc1nc2c(s1)C(=O)CCC2. The second-order valence-electron chi connectivity index (χ2n) is 4.86. The standard InChI is InChI=1S/C15H13ClN2O3S/c16-9-4-6-10(7-5-9)21-8-13(20)18-15-17-11-2-1-3-12(19)14(11)22-15/h4-7H,1-3,8H2,(H,17,18,20). The number of carbonyl (C=O) groups is 2. The Morgan fingerprint density at radius 3 is 2.82 bits per heavy atom. The number of Topliss-reactive ketones (excluding diaryl/α,β-unsaturated/α-hetero) is 1. The van der Waals surface area contributed by atoms with Crippen molar-refractivity contribution in [3.63, 3.8) is 0 Å². The molecule has 0 unspecified atom stereocenters. The number of carbonyl (C=O) groups excluding carboxylic acids is 2. The van der Waals surface area contributed by atoms with Gasteiger partial charge in [0.2, 0.25) is 0 Å². The van der Waals surface area contributed by atoms with Crippen LogP contribution in [-0.2, 0) is 11.2 Å². The van der Waals surface area contributed by atoms with E-state index in [1.165, 1.54) is 11.3 Å². The number of anilines is 1. The number of benzene rings is 1. The molecular weight excluding hydrogens is 324 g/mol. The van der Waals surface area contributed by atoms with E-state index < -0.39 is 0 Å². The van der Waals surface area contributed by atoms with E-state index in [4.69, 9.17) is 16.3 Å². The van der Waals surface area contributed by atoms with Gasteiger partial charge in [-0.15, -0.1) is 0 Å². The van der Waals surface area contributed by atoms with Crippen LogP contribution in [0.3, 0.4) is 0 Å². The van der Waals surface area contributed by atoms with Crippen LogP contribution in [0.25, 0.3) is 0 Å². The third kappa shape index (κ3) is 3.45. The van der Waals surface area contributed by atoms with Crippen molar-refractivity contribution in [2.75, 3.05) is 11.9 Å². The normalized spacial score (nSPS) is 13.6. The molecule has 1 aliphatic carbocycles. The van der Waals surface area contributed by atoms with E-state index in [1.807, 2.05) is 0 Å². The van der Waals surface area contributed by atoms with Crippen LogP contribution in [0.5, 0.6) is 5.75 Å². The van der Waals surface area contributed by atoms with Crippen LogP contribution in [0.2, 0.25) is 5.02 Å². The van der Waals surface area contributed by atoms with Crippen molar-refractivity contribution < 1.29 is 14.3 Å². The highest BCUT2D eigenvalue weighted by molar-refractivity contribution is 7.17. The van der Waals surface area contributed by atoms with Crippen molar-refractivity contribution in [2.45, 2.75) is 19.3 Å². The van der Waals surface area contributed by atoms with Gasteiger partial charge in [0, 0.05) is 11.4 Å². The molecule has 3 rings (SSSR count). The molecule has 2 aromatic rings. The van der Waals surface area contributed by atoms with Crippen LogP contribution in [0.1, 0.15) is 28.2 Å². The molecule has 0 atom stereocenters. The molecule has 0 saturated carbocycles. The Morgan fingerprint density at radius 2 is 2.09 bits per heavy atom. The third-order valence-corrected chi connectivity index (χ3v) is 4.50. The summed E-state index contributed by atoms with van der Waals surface area (Å²) in [6, 6.07) is 6.76. The van der Waals surface area contributed by atoms with E-state index in [-0.39, 0.29) is 18.3 Å². The lowest BCUT2D eigenvalue weighted by Gasteiger charge is -2.06. The zero-order valence-corrected chi connectivity index (χ0v) is 13.2. The van der Waals surface area contributed by atoms with Crippen molar-refractivity contribution in [1.29, 1.82) is 0 Å². The Bertz CT molecular complexity index is 712. The maximum atomic E-state index is 11.9. The Kier molecular flexibility index (Phi) is 4.40. The number of amides is 1. The molecule has 114 valence electrons. The fourth-order valence-electron chi connectivity index (χ4n) is 2.16. The topological polar surface area (TPSA) is 68.3 Å². The lowest BCUT2D eigenvalue weighted by atomic mass is 10.0. The van der Waals surface area contributed by atoms with Gasteiger partial charge in [-0.2, -0.15) is 0 Å². The van der Waals surface area contributed by atoms with Gasteiger partial charge >= 0.3 is 0 Å². The number of fused-ring (bicyclic) bond motifs is 1. The molecule has 0 saturated heterocycles. The minimum Gasteiger partial charge on any atom is -0.484 e. The third-order valence-electron chi connectivity index (χ3n) is 3.20. The number of hydrogen-bond donors (Lipinski definition) is 1. The van der Waals surface area contributed by atoms with E-state index >= 15 is 0 Å². The molecule has 0 radical (unpaired) electrons. The Balaban J connectivity index is 1.58. The summed E-state index contributed by atoms with van der Waals surface area (Å²) in [5.74, 6) is 0.360. The number of ketones is 1. The highest BCUT2D eigenvalue weighted by atomic mass is 35.5. The summed E-state index contributed by atoms with van der Waals surface area (Å²) >= 11 is 7.00. The fraction of sp³-hybridized carbons (Fsp3) is 0.267. The molecule has 22 heavy (non-hydrogen) atoms. The molecule has 0 aliphatic heterocycles. The van der Waals surface area contributed by atoms with Gasteiger partial charge in [-0.3, -0.25) is 14.9 Å². The Hall–Kier alpha value is -1.92. The van der Waals surface area contributed by atoms with Gasteiger partial charge in [-0.1, -0.05) is 22.9 Å². The summed E-state index contributed by atoms with van der Waals surface area (Å²) in [4.78, 5) is 28.6. The molecule has 1 heterocycles. The fourth-order valence-corrected chi connectivity index (χ4v) is 3.28. The summed E-state index contributed by atoms with van der Waals surface area (Å²) in [6.07, 6.45) is 2.17. The van der Waals surface area contributed by atoms with Crippen LogP contribution in [0, 0.1) is 0 Å². The summed E-state index contributed by atoms with van der Waals surface area (Å²) < 4.78 is 5.36. The van der Waals surface area contributed by atoms with Gasteiger partial charge in [-0.05, 0) is 37.1 Å². The number of aryl methyl sites for hydroxylation is 1. The molecule has 0 fully saturated rings. The summed E-state index contributed by atoms with van der Waals surface area (Å²) in [6.45, 7) is -0.125. The number of ether oxygens (including phenoxy) is 1. The van der Waals surface area contributed by atoms with Crippen molar-refractivity contribution in [3.05, 3.63) is 39.9 Å². The minimum atomic E-state index is -0.312. The molecule has 1 amide bonds. The van der Waals surface area contributed by atoms with Crippen LogP contribution >= 0.6 is 22.9 Å². The van der Waals surface area contributed by atoms with Gasteiger partial charge in [0.1, 0.15) is 5.75 Å². The molecule has 1 aromatic carbocycles. The maximum absolute atomic E-state index is 11.9. The minimum absolute atomic E-state index is 0.108. The second kappa shape index (κ2) is 6.46. The summed E-state index contributed by atoms with van der Waals surface area (Å²) in [7, 11) is 0. The molecule has 7 heteroatoms. The van der Waals surface area contributed by atoms with E-state index in [0.717, 1.165) is 18.5 Å². The average molecular weight is 337 g/mol. The number of nitrogens with zero attached hydrogens (tertiary/aromatic N) is 1. The number of rotatable bonds is 4. The first-order valence-corrected chi connectivity index (χ1v) is 8.02.